The highest BCUT2D eigenvalue weighted by Crippen LogP contribution is 2.33. The number of benzene rings is 2. The first-order valence-electron chi connectivity index (χ1n) is 6.28. The molecule has 6 heteroatoms. The minimum absolute atomic E-state index is 0.0482. The Kier molecular flexibility index (Phi) is 5.23. The number of allylic oxidation sites excluding steroid dienone is 1. The number of hydrogen-bond donors (Lipinski definition) is 1. The summed E-state index contributed by atoms with van der Waals surface area (Å²) >= 11 is 2.00. The van der Waals surface area contributed by atoms with Crippen molar-refractivity contribution in [3.8, 4) is 0 Å². The third-order valence-corrected chi connectivity index (χ3v) is 3.74. The maximum Gasteiger partial charge on any atom is 0.417 e. The van der Waals surface area contributed by atoms with E-state index in [-0.39, 0.29) is 5.56 Å². The van der Waals surface area contributed by atoms with Crippen LogP contribution in [0.5, 0.6) is 0 Å². The number of para-hydroxylation sites is 1. The summed E-state index contributed by atoms with van der Waals surface area (Å²) in [6.45, 7) is 0. The fourth-order valence-corrected chi connectivity index (χ4v) is 2.33. The summed E-state index contributed by atoms with van der Waals surface area (Å²) in [5.41, 5.74) is -0.552. The van der Waals surface area contributed by atoms with Crippen LogP contribution in [-0.4, -0.2) is 12.1 Å². The fourth-order valence-electron chi connectivity index (χ4n) is 1.81. The molecule has 0 aliphatic heterocycles. The van der Waals surface area contributed by atoms with Gasteiger partial charge >= 0.3 is 6.18 Å². The van der Waals surface area contributed by atoms with Crippen LogP contribution >= 0.6 is 22.6 Å². The van der Waals surface area contributed by atoms with E-state index in [9.17, 15) is 18.0 Å². The van der Waals surface area contributed by atoms with E-state index in [0.29, 0.717) is 11.8 Å². The van der Waals surface area contributed by atoms with Crippen molar-refractivity contribution >= 4 is 39.8 Å². The third kappa shape index (κ3) is 4.33. The van der Waals surface area contributed by atoms with Crippen molar-refractivity contribution in [3.05, 3.63) is 69.8 Å². The molecule has 0 fully saturated rings. The highest BCUT2D eigenvalue weighted by Gasteiger charge is 2.35. The van der Waals surface area contributed by atoms with Gasteiger partial charge in [-0.1, -0.05) is 42.5 Å². The molecule has 0 saturated heterocycles. The lowest BCUT2D eigenvalue weighted by molar-refractivity contribution is -0.112. The Bertz CT molecular complexity index is 696. The van der Waals surface area contributed by atoms with E-state index in [4.69, 9.17) is 0 Å². The summed E-state index contributed by atoms with van der Waals surface area (Å²) in [5.74, 6) is -0.819. The number of nitrogens with one attached hydrogen (secondary N) is 1. The summed E-state index contributed by atoms with van der Waals surface area (Å²) in [6, 6.07) is 14.1. The van der Waals surface area contributed by atoms with Crippen LogP contribution in [0.2, 0.25) is 0 Å². The fraction of sp³-hybridized carbons (Fsp3) is 0.0625. The molecule has 2 nitrogen and oxygen atoms in total. The van der Waals surface area contributed by atoms with Crippen LogP contribution in [0.1, 0.15) is 5.56 Å². The Morgan fingerprint density at radius 2 is 1.59 bits per heavy atom. The van der Waals surface area contributed by atoms with Crippen molar-refractivity contribution in [2.45, 2.75) is 6.18 Å². The molecule has 0 bridgehead atoms. The van der Waals surface area contributed by atoms with Crippen molar-refractivity contribution < 1.29 is 18.0 Å². The molecular formula is C16H11F3INO. The monoisotopic (exact) mass is 417 g/mol. The Morgan fingerprint density at radius 3 is 2.18 bits per heavy atom. The topological polar surface area (TPSA) is 29.1 Å². The van der Waals surface area contributed by atoms with Gasteiger partial charge in [0.2, 0.25) is 5.91 Å². The SMILES string of the molecule is O=C(/C=C(\c1ccccc1)C(F)(F)F)Nc1ccccc1I. The molecule has 0 radical (unpaired) electrons. The number of alkyl halides is 3. The van der Waals surface area contributed by atoms with E-state index in [2.05, 4.69) is 5.32 Å². The molecule has 0 aromatic heterocycles. The summed E-state index contributed by atoms with van der Waals surface area (Å²) in [7, 11) is 0. The number of carbonyl (C=O) groups is 1. The minimum Gasteiger partial charge on any atom is -0.322 e. The first-order chi connectivity index (χ1) is 10.4. The predicted octanol–water partition coefficient (Wildman–Crippen LogP) is 4.88. The zero-order valence-electron chi connectivity index (χ0n) is 11.2. The molecule has 0 heterocycles. The van der Waals surface area contributed by atoms with E-state index in [1.165, 1.54) is 24.3 Å². The van der Waals surface area contributed by atoms with Crippen molar-refractivity contribution in [3.63, 3.8) is 0 Å². The number of amides is 1. The lowest BCUT2D eigenvalue weighted by Gasteiger charge is -2.12. The minimum atomic E-state index is -4.61. The molecular weight excluding hydrogens is 406 g/mol. The average molecular weight is 417 g/mol. The molecule has 22 heavy (non-hydrogen) atoms. The second-order valence-corrected chi connectivity index (χ2v) is 5.55. The predicted molar refractivity (Wildman–Crippen MR) is 88.3 cm³/mol. The molecule has 0 atom stereocenters. The van der Waals surface area contributed by atoms with Gasteiger partial charge in [0.25, 0.3) is 0 Å². The second-order valence-electron chi connectivity index (χ2n) is 4.39. The lowest BCUT2D eigenvalue weighted by atomic mass is 10.1. The number of halogens is 4. The van der Waals surface area contributed by atoms with E-state index in [0.717, 1.165) is 3.57 Å². The van der Waals surface area contributed by atoms with Crippen LogP contribution in [0.3, 0.4) is 0 Å². The lowest BCUT2D eigenvalue weighted by Crippen LogP contribution is -2.16. The average Bonchev–Trinajstić information content (AvgIpc) is 2.47. The maximum absolute atomic E-state index is 13.1. The Morgan fingerprint density at radius 1 is 1.00 bits per heavy atom. The number of rotatable bonds is 3. The summed E-state index contributed by atoms with van der Waals surface area (Å²) < 4.78 is 40.1. The van der Waals surface area contributed by atoms with Gasteiger partial charge in [0, 0.05) is 9.65 Å². The molecule has 2 rings (SSSR count). The number of carbonyl (C=O) groups excluding carboxylic acids is 1. The van der Waals surface area contributed by atoms with E-state index < -0.39 is 17.7 Å². The summed E-state index contributed by atoms with van der Waals surface area (Å²) in [4.78, 5) is 11.9. The van der Waals surface area contributed by atoms with Gasteiger partial charge in [-0.05, 0) is 40.3 Å². The van der Waals surface area contributed by atoms with Crippen LogP contribution < -0.4 is 5.32 Å². The van der Waals surface area contributed by atoms with Crippen molar-refractivity contribution in [1.29, 1.82) is 0 Å². The van der Waals surface area contributed by atoms with E-state index >= 15 is 0 Å². The highest BCUT2D eigenvalue weighted by atomic mass is 127. The Labute approximate surface area is 139 Å². The van der Waals surface area contributed by atoms with Gasteiger partial charge in [-0.2, -0.15) is 13.2 Å². The molecule has 114 valence electrons. The molecule has 0 unspecified atom stereocenters. The van der Waals surface area contributed by atoms with Crippen molar-refractivity contribution in [2.24, 2.45) is 0 Å². The van der Waals surface area contributed by atoms with Crippen LogP contribution in [0.4, 0.5) is 18.9 Å². The third-order valence-electron chi connectivity index (χ3n) is 2.80. The van der Waals surface area contributed by atoms with Gasteiger partial charge < -0.3 is 5.32 Å². The molecule has 2 aromatic carbocycles. The first kappa shape index (κ1) is 16.5. The first-order valence-corrected chi connectivity index (χ1v) is 7.35. The van der Waals surface area contributed by atoms with Gasteiger partial charge in [-0.15, -0.1) is 0 Å². The maximum atomic E-state index is 13.1. The van der Waals surface area contributed by atoms with Gasteiger partial charge in [-0.25, -0.2) is 0 Å². The molecule has 1 N–H and O–H groups in total. The van der Waals surface area contributed by atoms with Crippen LogP contribution in [0, 0.1) is 3.57 Å². The quantitative estimate of drug-likeness (QED) is 0.560. The van der Waals surface area contributed by atoms with Gasteiger partial charge in [0.1, 0.15) is 0 Å². The number of hydrogen-bond acceptors (Lipinski definition) is 1. The highest BCUT2D eigenvalue weighted by molar-refractivity contribution is 14.1. The van der Waals surface area contributed by atoms with Gasteiger partial charge in [0.05, 0.1) is 11.3 Å². The molecule has 0 aliphatic carbocycles. The smallest absolute Gasteiger partial charge is 0.322 e. The van der Waals surface area contributed by atoms with Gasteiger partial charge in [0.15, 0.2) is 0 Å². The standard InChI is InChI=1S/C16H11F3INO/c17-16(18,19)12(11-6-2-1-3-7-11)10-15(22)21-14-9-5-4-8-13(14)20/h1-10H,(H,21,22)/b12-10+. The van der Waals surface area contributed by atoms with Crippen LogP contribution in [-0.2, 0) is 4.79 Å². The molecule has 0 spiro atoms. The Balaban J connectivity index is 2.30. The van der Waals surface area contributed by atoms with Crippen LogP contribution in [0.15, 0.2) is 60.7 Å². The molecule has 0 saturated carbocycles. The van der Waals surface area contributed by atoms with E-state index in [1.807, 2.05) is 22.6 Å². The Hall–Kier alpha value is -1.83. The second kappa shape index (κ2) is 6.95. The molecule has 0 aliphatic rings. The summed E-state index contributed by atoms with van der Waals surface area (Å²) in [6.07, 6.45) is -4.03. The molecule has 1 amide bonds. The largest absolute Gasteiger partial charge is 0.417 e. The molecule has 2 aromatic rings. The zero-order chi connectivity index (χ0) is 16.2. The van der Waals surface area contributed by atoms with Crippen LogP contribution in [0.25, 0.3) is 5.57 Å². The normalized spacial score (nSPS) is 12.1. The summed E-state index contributed by atoms with van der Waals surface area (Å²) in [5, 5.41) is 2.46. The van der Waals surface area contributed by atoms with Crippen molar-refractivity contribution in [1.82, 2.24) is 0 Å². The van der Waals surface area contributed by atoms with Crippen molar-refractivity contribution in [2.75, 3.05) is 5.32 Å². The number of anilines is 1. The van der Waals surface area contributed by atoms with E-state index in [1.54, 1.807) is 30.3 Å². The zero-order valence-corrected chi connectivity index (χ0v) is 13.4. The van der Waals surface area contributed by atoms with Gasteiger partial charge in [-0.3, -0.25) is 4.79 Å².